The second-order valence-electron chi connectivity index (χ2n) is 5.38. The lowest BCUT2D eigenvalue weighted by Crippen LogP contribution is -2.38. The molecule has 0 aliphatic heterocycles. The first kappa shape index (κ1) is 15.9. The summed E-state index contributed by atoms with van der Waals surface area (Å²) in [6.45, 7) is 4.05. The van der Waals surface area contributed by atoms with Gasteiger partial charge in [-0.1, -0.05) is 6.92 Å². The molecule has 1 aromatic heterocycles. The number of carbonyl (C=O) groups excluding carboxylic acids is 1. The van der Waals surface area contributed by atoms with Crippen LogP contribution in [0.15, 0.2) is 0 Å². The van der Waals surface area contributed by atoms with Crippen LogP contribution in [0, 0.1) is 12.8 Å². The fraction of sp³-hybridized carbons (Fsp3) is 0.643. The number of rotatable bonds is 7. The summed E-state index contributed by atoms with van der Waals surface area (Å²) in [5, 5.41) is 9.81. The van der Waals surface area contributed by atoms with E-state index in [0.717, 1.165) is 17.8 Å². The van der Waals surface area contributed by atoms with Gasteiger partial charge in [-0.3, -0.25) is 9.59 Å². The lowest BCUT2D eigenvalue weighted by Gasteiger charge is -2.23. The van der Waals surface area contributed by atoms with Crippen molar-refractivity contribution in [2.75, 3.05) is 13.7 Å². The van der Waals surface area contributed by atoms with Crippen molar-refractivity contribution in [3.8, 4) is 0 Å². The Bertz CT molecular complexity index is 539. The van der Waals surface area contributed by atoms with E-state index in [0.29, 0.717) is 17.2 Å². The van der Waals surface area contributed by atoms with E-state index in [4.69, 9.17) is 9.84 Å². The highest BCUT2D eigenvalue weighted by atomic mass is 32.1. The number of aromatic nitrogens is 1. The van der Waals surface area contributed by atoms with Crippen molar-refractivity contribution in [2.45, 2.75) is 39.3 Å². The monoisotopic (exact) mass is 312 g/mol. The molecule has 1 fully saturated rings. The Labute approximate surface area is 127 Å². The van der Waals surface area contributed by atoms with Crippen molar-refractivity contribution in [1.29, 1.82) is 0 Å². The number of carboxylic acid groups (broad SMARTS) is 1. The van der Waals surface area contributed by atoms with Crippen LogP contribution in [-0.2, 0) is 16.1 Å². The van der Waals surface area contributed by atoms with Gasteiger partial charge in [0.2, 0.25) is 0 Å². The SMILES string of the molecule is COCc1nc(C)c(C(=O)N(CC(C)C(=O)O)C2CC2)s1. The molecule has 1 atom stereocenters. The number of thiazole rings is 1. The molecule has 0 aromatic carbocycles. The molecule has 6 nitrogen and oxygen atoms in total. The zero-order valence-electron chi connectivity index (χ0n) is 12.5. The van der Waals surface area contributed by atoms with Crippen LogP contribution in [0.5, 0.6) is 0 Å². The minimum absolute atomic E-state index is 0.108. The van der Waals surface area contributed by atoms with Gasteiger partial charge in [-0.2, -0.15) is 0 Å². The van der Waals surface area contributed by atoms with Crippen molar-refractivity contribution in [3.05, 3.63) is 15.6 Å². The predicted molar refractivity (Wildman–Crippen MR) is 78.4 cm³/mol. The fourth-order valence-corrected chi connectivity index (χ4v) is 3.12. The molecule has 2 rings (SSSR count). The average molecular weight is 312 g/mol. The van der Waals surface area contributed by atoms with Crippen LogP contribution in [0.3, 0.4) is 0 Å². The molecule has 1 aromatic rings. The third kappa shape index (κ3) is 3.79. The third-order valence-corrected chi connectivity index (χ3v) is 4.56. The molecule has 1 N–H and O–H groups in total. The maximum Gasteiger partial charge on any atom is 0.308 e. The smallest absolute Gasteiger partial charge is 0.308 e. The second-order valence-corrected chi connectivity index (χ2v) is 6.47. The number of methoxy groups -OCH3 is 1. The van der Waals surface area contributed by atoms with E-state index in [1.54, 1.807) is 25.9 Å². The molecule has 0 spiro atoms. The molecule has 0 saturated heterocycles. The lowest BCUT2D eigenvalue weighted by molar-refractivity contribution is -0.141. The summed E-state index contributed by atoms with van der Waals surface area (Å²) in [5.74, 6) is -1.56. The van der Waals surface area contributed by atoms with Gasteiger partial charge >= 0.3 is 5.97 Å². The molecule has 1 heterocycles. The molecule has 1 aliphatic rings. The van der Waals surface area contributed by atoms with E-state index in [1.165, 1.54) is 11.3 Å². The number of ether oxygens (including phenoxy) is 1. The Hall–Kier alpha value is -1.47. The highest BCUT2D eigenvalue weighted by Crippen LogP contribution is 2.31. The molecule has 0 radical (unpaired) electrons. The van der Waals surface area contributed by atoms with E-state index in [2.05, 4.69) is 4.98 Å². The number of hydrogen-bond donors (Lipinski definition) is 1. The van der Waals surface area contributed by atoms with Gasteiger partial charge in [0.1, 0.15) is 9.88 Å². The maximum absolute atomic E-state index is 12.7. The van der Waals surface area contributed by atoms with Crippen molar-refractivity contribution >= 4 is 23.2 Å². The van der Waals surface area contributed by atoms with E-state index >= 15 is 0 Å². The molecule has 1 saturated carbocycles. The van der Waals surface area contributed by atoms with E-state index < -0.39 is 11.9 Å². The number of carboxylic acids is 1. The van der Waals surface area contributed by atoms with Gasteiger partial charge in [-0.05, 0) is 19.8 Å². The van der Waals surface area contributed by atoms with Crippen LogP contribution in [0.25, 0.3) is 0 Å². The number of amides is 1. The minimum Gasteiger partial charge on any atom is -0.481 e. The summed E-state index contributed by atoms with van der Waals surface area (Å²) in [5.41, 5.74) is 0.686. The molecular weight excluding hydrogens is 292 g/mol. The first-order valence-electron chi connectivity index (χ1n) is 6.93. The normalized spacial score (nSPS) is 15.8. The number of aliphatic carboxylic acids is 1. The van der Waals surface area contributed by atoms with Crippen LogP contribution in [0.1, 0.15) is 40.1 Å². The van der Waals surface area contributed by atoms with Crippen LogP contribution in [-0.4, -0.2) is 46.6 Å². The Morgan fingerprint density at radius 2 is 2.19 bits per heavy atom. The maximum atomic E-state index is 12.7. The van der Waals surface area contributed by atoms with Crippen LogP contribution in [0.4, 0.5) is 0 Å². The first-order valence-corrected chi connectivity index (χ1v) is 7.74. The van der Waals surface area contributed by atoms with Crippen molar-refractivity contribution in [1.82, 2.24) is 9.88 Å². The second kappa shape index (κ2) is 6.53. The van der Waals surface area contributed by atoms with E-state index in [1.807, 2.05) is 0 Å². The van der Waals surface area contributed by atoms with Gasteiger partial charge in [0.05, 0.1) is 18.2 Å². The molecule has 0 bridgehead atoms. The zero-order chi connectivity index (χ0) is 15.6. The highest BCUT2D eigenvalue weighted by Gasteiger charge is 2.36. The van der Waals surface area contributed by atoms with Crippen LogP contribution >= 0.6 is 11.3 Å². The van der Waals surface area contributed by atoms with Gasteiger partial charge in [0, 0.05) is 19.7 Å². The van der Waals surface area contributed by atoms with Crippen LogP contribution in [0.2, 0.25) is 0 Å². The first-order chi connectivity index (χ1) is 9.93. The Morgan fingerprint density at radius 1 is 1.52 bits per heavy atom. The topological polar surface area (TPSA) is 79.7 Å². The summed E-state index contributed by atoms with van der Waals surface area (Å²) in [6, 6.07) is 0.173. The Morgan fingerprint density at radius 3 is 2.71 bits per heavy atom. The number of nitrogens with zero attached hydrogens (tertiary/aromatic N) is 2. The minimum atomic E-state index is -0.880. The quantitative estimate of drug-likeness (QED) is 0.832. The Kier molecular flexibility index (Phi) is 4.95. The van der Waals surface area contributed by atoms with E-state index in [9.17, 15) is 9.59 Å². The predicted octanol–water partition coefficient (Wildman–Crippen LogP) is 1.92. The lowest BCUT2D eigenvalue weighted by atomic mass is 10.1. The number of aryl methyl sites for hydroxylation is 1. The molecule has 1 aliphatic carbocycles. The van der Waals surface area contributed by atoms with Gasteiger partial charge in [0.25, 0.3) is 5.91 Å². The molecule has 1 unspecified atom stereocenters. The largest absolute Gasteiger partial charge is 0.481 e. The fourth-order valence-electron chi connectivity index (χ4n) is 2.12. The molecule has 1 amide bonds. The molecule has 7 heteroatoms. The van der Waals surface area contributed by atoms with Crippen molar-refractivity contribution in [2.24, 2.45) is 5.92 Å². The zero-order valence-corrected chi connectivity index (χ0v) is 13.3. The van der Waals surface area contributed by atoms with Crippen molar-refractivity contribution < 1.29 is 19.4 Å². The summed E-state index contributed by atoms with van der Waals surface area (Å²) in [6.07, 6.45) is 1.89. The van der Waals surface area contributed by atoms with Gasteiger partial charge in [-0.15, -0.1) is 11.3 Å². The van der Waals surface area contributed by atoms with Gasteiger partial charge < -0.3 is 14.7 Å². The standard InChI is InChI=1S/C14H20N2O4S/c1-8(14(18)19)6-16(10-4-5-10)13(17)12-9(2)15-11(21-12)7-20-3/h8,10H,4-7H2,1-3H3,(H,18,19). The average Bonchev–Trinajstić information content (AvgIpc) is 3.19. The summed E-state index contributed by atoms with van der Waals surface area (Å²) in [4.78, 5) is 30.3. The Balaban J connectivity index is 2.16. The third-order valence-electron chi connectivity index (χ3n) is 3.44. The summed E-state index contributed by atoms with van der Waals surface area (Å²) in [7, 11) is 1.59. The van der Waals surface area contributed by atoms with Gasteiger partial charge in [0.15, 0.2) is 0 Å². The molecular formula is C14H20N2O4S. The summed E-state index contributed by atoms with van der Waals surface area (Å²) < 4.78 is 5.04. The molecule has 21 heavy (non-hydrogen) atoms. The van der Waals surface area contributed by atoms with Gasteiger partial charge in [-0.25, -0.2) is 4.98 Å². The number of carbonyl (C=O) groups is 2. The van der Waals surface area contributed by atoms with E-state index in [-0.39, 0.29) is 18.5 Å². The van der Waals surface area contributed by atoms with Crippen molar-refractivity contribution in [3.63, 3.8) is 0 Å². The van der Waals surface area contributed by atoms with Crippen LogP contribution < -0.4 is 0 Å². The molecule has 116 valence electrons. The highest BCUT2D eigenvalue weighted by molar-refractivity contribution is 7.13. The summed E-state index contributed by atoms with van der Waals surface area (Å²) >= 11 is 1.33. The number of hydrogen-bond acceptors (Lipinski definition) is 5.